The molecule has 0 bridgehead atoms. The average Bonchev–Trinajstić information content (AvgIpc) is 2.45. The van der Waals surface area contributed by atoms with Crippen molar-refractivity contribution in [3.05, 3.63) is 59.7 Å². The van der Waals surface area contributed by atoms with Crippen molar-refractivity contribution in [2.24, 2.45) is 0 Å². The number of halogens is 2. The van der Waals surface area contributed by atoms with Gasteiger partial charge in [0.25, 0.3) is 0 Å². The van der Waals surface area contributed by atoms with Crippen molar-refractivity contribution in [2.45, 2.75) is 18.6 Å². The Morgan fingerprint density at radius 3 is 2.48 bits per heavy atom. The Labute approximate surface area is 120 Å². The van der Waals surface area contributed by atoms with Crippen LogP contribution in [0.2, 0.25) is 0 Å². The van der Waals surface area contributed by atoms with E-state index in [-0.39, 0.29) is 13.0 Å². The van der Waals surface area contributed by atoms with Crippen LogP contribution in [0.15, 0.2) is 42.5 Å². The normalized spacial score (nSPS) is 18.3. The zero-order valence-corrected chi connectivity index (χ0v) is 11.1. The van der Waals surface area contributed by atoms with E-state index in [0.717, 1.165) is 6.07 Å². The van der Waals surface area contributed by atoms with Crippen LogP contribution in [-0.4, -0.2) is 23.9 Å². The van der Waals surface area contributed by atoms with Crippen LogP contribution < -0.4 is 9.47 Å². The van der Waals surface area contributed by atoms with Gasteiger partial charge >= 0.3 is 0 Å². The molecule has 3 nitrogen and oxygen atoms in total. The van der Waals surface area contributed by atoms with E-state index in [1.807, 2.05) is 6.07 Å². The van der Waals surface area contributed by atoms with Crippen LogP contribution in [0.5, 0.6) is 11.5 Å². The van der Waals surface area contributed by atoms with Gasteiger partial charge in [0.1, 0.15) is 18.2 Å². The van der Waals surface area contributed by atoms with Gasteiger partial charge in [-0.25, -0.2) is 8.78 Å². The van der Waals surface area contributed by atoms with E-state index in [0.29, 0.717) is 17.1 Å². The monoisotopic (exact) mass is 292 g/mol. The van der Waals surface area contributed by atoms with Crippen molar-refractivity contribution < 1.29 is 23.4 Å². The van der Waals surface area contributed by atoms with Crippen molar-refractivity contribution >= 4 is 0 Å². The smallest absolute Gasteiger partial charge is 0.161 e. The van der Waals surface area contributed by atoms with Crippen molar-refractivity contribution in [3.8, 4) is 11.5 Å². The molecule has 0 radical (unpaired) electrons. The van der Waals surface area contributed by atoms with Crippen LogP contribution in [0.25, 0.3) is 0 Å². The summed E-state index contributed by atoms with van der Waals surface area (Å²) in [7, 11) is 0. The molecule has 0 aliphatic carbocycles. The van der Waals surface area contributed by atoms with Crippen molar-refractivity contribution in [2.75, 3.05) is 6.61 Å². The molecule has 0 spiro atoms. The molecule has 5 heteroatoms. The highest BCUT2D eigenvalue weighted by Gasteiger charge is 2.27. The lowest BCUT2D eigenvalue weighted by atomic mass is 10.0. The number of hydrogen-bond acceptors (Lipinski definition) is 3. The first-order valence-electron chi connectivity index (χ1n) is 6.63. The van der Waals surface area contributed by atoms with Crippen LogP contribution in [0.1, 0.15) is 5.56 Å². The molecule has 1 heterocycles. The van der Waals surface area contributed by atoms with E-state index in [9.17, 15) is 13.9 Å². The minimum Gasteiger partial charge on any atom is -0.486 e. The van der Waals surface area contributed by atoms with Crippen LogP contribution in [0, 0.1) is 11.6 Å². The molecule has 1 N–H and O–H groups in total. The molecule has 0 aromatic heterocycles. The molecule has 2 unspecified atom stereocenters. The number of aliphatic hydroxyl groups excluding tert-OH is 1. The van der Waals surface area contributed by atoms with Gasteiger partial charge in [0.15, 0.2) is 17.6 Å². The van der Waals surface area contributed by atoms with Crippen LogP contribution in [-0.2, 0) is 6.42 Å². The van der Waals surface area contributed by atoms with E-state index < -0.39 is 23.8 Å². The third kappa shape index (κ3) is 3.13. The maximum atomic E-state index is 13.1. The zero-order valence-electron chi connectivity index (χ0n) is 11.1. The number of aliphatic hydroxyl groups is 1. The molecule has 0 fully saturated rings. The van der Waals surface area contributed by atoms with E-state index in [1.54, 1.807) is 18.2 Å². The lowest BCUT2D eigenvalue weighted by Gasteiger charge is -2.29. The fourth-order valence-electron chi connectivity index (χ4n) is 2.33. The second-order valence-corrected chi connectivity index (χ2v) is 4.96. The van der Waals surface area contributed by atoms with Crippen molar-refractivity contribution in [1.82, 2.24) is 0 Å². The predicted molar refractivity (Wildman–Crippen MR) is 72.4 cm³/mol. The molecule has 1 aliphatic rings. The summed E-state index contributed by atoms with van der Waals surface area (Å²) in [4.78, 5) is 0. The molecule has 21 heavy (non-hydrogen) atoms. The topological polar surface area (TPSA) is 38.7 Å². The van der Waals surface area contributed by atoms with Gasteiger partial charge < -0.3 is 14.6 Å². The first kappa shape index (κ1) is 13.8. The van der Waals surface area contributed by atoms with E-state index in [1.165, 1.54) is 12.1 Å². The average molecular weight is 292 g/mol. The Hall–Kier alpha value is -2.14. The summed E-state index contributed by atoms with van der Waals surface area (Å²) in [6, 6.07) is 10.4. The molecule has 0 saturated carbocycles. The second-order valence-electron chi connectivity index (χ2n) is 4.96. The number of ether oxygens (including phenoxy) is 2. The van der Waals surface area contributed by atoms with Gasteiger partial charge in [-0.1, -0.05) is 12.1 Å². The Morgan fingerprint density at radius 2 is 1.76 bits per heavy atom. The highest BCUT2D eigenvalue weighted by molar-refractivity contribution is 5.40. The lowest BCUT2D eigenvalue weighted by Crippen LogP contribution is -2.40. The number of para-hydroxylation sites is 2. The van der Waals surface area contributed by atoms with Crippen LogP contribution >= 0.6 is 0 Å². The molecular weight excluding hydrogens is 278 g/mol. The number of benzene rings is 2. The molecule has 2 atom stereocenters. The molecule has 110 valence electrons. The molecule has 0 amide bonds. The molecule has 0 saturated heterocycles. The summed E-state index contributed by atoms with van der Waals surface area (Å²) >= 11 is 0. The summed E-state index contributed by atoms with van der Waals surface area (Å²) in [5.74, 6) is -0.150. The predicted octanol–water partition coefficient (Wildman–Crippen LogP) is 2.71. The minimum atomic E-state index is -0.917. The second kappa shape index (κ2) is 5.69. The number of fused-ring (bicyclic) bond motifs is 1. The quantitative estimate of drug-likeness (QED) is 0.945. The third-order valence-corrected chi connectivity index (χ3v) is 3.33. The number of rotatable bonds is 3. The largest absolute Gasteiger partial charge is 0.486 e. The zero-order chi connectivity index (χ0) is 14.8. The molecule has 2 aromatic carbocycles. The first-order chi connectivity index (χ1) is 10.1. The van der Waals surface area contributed by atoms with Gasteiger partial charge in [-0.05, 0) is 29.8 Å². The van der Waals surface area contributed by atoms with Crippen LogP contribution in [0.3, 0.4) is 0 Å². The van der Waals surface area contributed by atoms with Gasteiger partial charge in [0, 0.05) is 12.5 Å². The molecule has 2 aromatic rings. The SMILES string of the molecule is OC(Cc1cc(F)cc(F)c1)C1COc2ccccc2O1. The Kier molecular flexibility index (Phi) is 3.75. The summed E-state index contributed by atoms with van der Waals surface area (Å²) in [6.07, 6.45) is -1.41. The van der Waals surface area contributed by atoms with Crippen LogP contribution in [0.4, 0.5) is 8.78 Å². The molecular formula is C16H14F2O3. The summed E-state index contributed by atoms with van der Waals surface area (Å²) in [5, 5.41) is 10.2. The summed E-state index contributed by atoms with van der Waals surface area (Å²) in [6.45, 7) is 0.190. The van der Waals surface area contributed by atoms with Gasteiger partial charge in [0.2, 0.25) is 0 Å². The summed E-state index contributed by atoms with van der Waals surface area (Å²) in [5.41, 5.74) is 0.377. The van der Waals surface area contributed by atoms with Gasteiger partial charge in [-0.15, -0.1) is 0 Å². The third-order valence-electron chi connectivity index (χ3n) is 3.33. The number of hydrogen-bond donors (Lipinski definition) is 1. The maximum absolute atomic E-state index is 13.1. The minimum absolute atomic E-state index is 0.0882. The summed E-state index contributed by atoms with van der Waals surface area (Å²) < 4.78 is 37.5. The Bertz CT molecular complexity index is 625. The first-order valence-corrected chi connectivity index (χ1v) is 6.63. The lowest BCUT2D eigenvalue weighted by molar-refractivity contribution is -0.00945. The van der Waals surface area contributed by atoms with Crippen molar-refractivity contribution in [1.29, 1.82) is 0 Å². The van der Waals surface area contributed by atoms with Crippen molar-refractivity contribution in [3.63, 3.8) is 0 Å². The molecule has 3 rings (SSSR count). The van der Waals surface area contributed by atoms with Gasteiger partial charge in [0.05, 0.1) is 6.10 Å². The fraction of sp³-hybridized carbons (Fsp3) is 0.250. The maximum Gasteiger partial charge on any atom is 0.161 e. The Balaban J connectivity index is 1.70. The fourth-order valence-corrected chi connectivity index (χ4v) is 2.33. The van der Waals surface area contributed by atoms with E-state index in [4.69, 9.17) is 9.47 Å². The Morgan fingerprint density at radius 1 is 1.10 bits per heavy atom. The van der Waals surface area contributed by atoms with E-state index in [2.05, 4.69) is 0 Å². The van der Waals surface area contributed by atoms with E-state index >= 15 is 0 Å². The highest BCUT2D eigenvalue weighted by Crippen LogP contribution is 2.32. The standard InChI is InChI=1S/C16H14F2O3/c17-11-5-10(6-12(18)8-11)7-13(19)16-9-20-14-3-1-2-4-15(14)21-16/h1-6,8,13,16,19H,7,9H2. The van der Waals surface area contributed by atoms with Gasteiger partial charge in [-0.3, -0.25) is 0 Å². The molecule has 1 aliphatic heterocycles. The van der Waals surface area contributed by atoms with Gasteiger partial charge in [-0.2, -0.15) is 0 Å². The highest BCUT2D eigenvalue weighted by atomic mass is 19.1.